The van der Waals surface area contributed by atoms with Crippen LogP contribution in [0.2, 0.25) is 0 Å². The van der Waals surface area contributed by atoms with Crippen LogP contribution in [0.15, 0.2) is 54.6 Å². The van der Waals surface area contributed by atoms with Crippen LogP contribution >= 0.6 is 0 Å². The first-order valence-corrected chi connectivity index (χ1v) is 6.61. The summed E-state index contributed by atoms with van der Waals surface area (Å²) in [4.78, 5) is 11.8. The zero-order valence-corrected chi connectivity index (χ0v) is 12.0. The van der Waals surface area contributed by atoms with E-state index in [0.29, 0.717) is 16.9 Å². The molecule has 0 fully saturated rings. The SMILES string of the molecule is COc1ccc([C@@H](O)[C@@](C)(C(=O)O)c2ccccc2)cc1. The van der Waals surface area contributed by atoms with Crippen molar-refractivity contribution in [1.82, 2.24) is 0 Å². The molecule has 0 spiro atoms. The Morgan fingerprint density at radius 1 is 1.10 bits per heavy atom. The number of benzene rings is 2. The third kappa shape index (κ3) is 2.76. The molecule has 2 atom stereocenters. The predicted molar refractivity (Wildman–Crippen MR) is 79.4 cm³/mol. The number of methoxy groups -OCH3 is 1. The van der Waals surface area contributed by atoms with Gasteiger partial charge in [-0.1, -0.05) is 42.5 Å². The molecule has 0 bridgehead atoms. The second-order valence-corrected chi connectivity index (χ2v) is 5.05. The summed E-state index contributed by atoms with van der Waals surface area (Å²) in [5.41, 5.74) is -0.332. The quantitative estimate of drug-likeness (QED) is 0.887. The van der Waals surface area contributed by atoms with Gasteiger partial charge < -0.3 is 14.9 Å². The highest BCUT2D eigenvalue weighted by molar-refractivity contribution is 5.82. The zero-order valence-electron chi connectivity index (χ0n) is 12.0. The molecule has 0 aliphatic heterocycles. The minimum Gasteiger partial charge on any atom is -0.497 e. The van der Waals surface area contributed by atoms with E-state index in [2.05, 4.69) is 0 Å². The second-order valence-electron chi connectivity index (χ2n) is 5.05. The van der Waals surface area contributed by atoms with E-state index >= 15 is 0 Å². The lowest BCUT2D eigenvalue weighted by atomic mass is 9.75. The average molecular weight is 286 g/mol. The number of rotatable bonds is 5. The van der Waals surface area contributed by atoms with Crippen molar-refractivity contribution in [3.63, 3.8) is 0 Å². The standard InChI is InChI=1S/C17H18O4/c1-17(16(19)20,13-6-4-3-5-7-13)15(18)12-8-10-14(21-2)11-9-12/h3-11,15,18H,1-2H3,(H,19,20)/t15-,17+/m1/s1. The van der Waals surface area contributed by atoms with Crippen LogP contribution in [0.25, 0.3) is 0 Å². The van der Waals surface area contributed by atoms with Crippen LogP contribution in [-0.2, 0) is 10.2 Å². The molecule has 2 aromatic carbocycles. The van der Waals surface area contributed by atoms with Gasteiger partial charge in [-0.2, -0.15) is 0 Å². The highest BCUT2D eigenvalue weighted by atomic mass is 16.5. The molecule has 0 aliphatic rings. The molecule has 0 aliphatic carbocycles. The topological polar surface area (TPSA) is 66.8 Å². The van der Waals surface area contributed by atoms with Gasteiger partial charge >= 0.3 is 5.97 Å². The summed E-state index contributed by atoms with van der Waals surface area (Å²) < 4.78 is 5.07. The fourth-order valence-electron chi connectivity index (χ4n) is 2.30. The van der Waals surface area contributed by atoms with E-state index in [1.54, 1.807) is 55.6 Å². The van der Waals surface area contributed by atoms with Gasteiger partial charge in [-0.25, -0.2) is 0 Å². The highest BCUT2D eigenvalue weighted by Gasteiger charge is 2.43. The van der Waals surface area contributed by atoms with Crippen LogP contribution in [0.5, 0.6) is 5.75 Å². The van der Waals surface area contributed by atoms with Crippen molar-refractivity contribution < 1.29 is 19.7 Å². The van der Waals surface area contributed by atoms with Crippen molar-refractivity contribution in [3.05, 3.63) is 65.7 Å². The second kappa shape index (κ2) is 5.97. The highest BCUT2D eigenvalue weighted by Crippen LogP contribution is 2.38. The van der Waals surface area contributed by atoms with Crippen LogP contribution < -0.4 is 4.74 Å². The monoisotopic (exact) mass is 286 g/mol. The fourth-order valence-corrected chi connectivity index (χ4v) is 2.30. The maximum absolute atomic E-state index is 11.8. The summed E-state index contributed by atoms with van der Waals surface area (Å²) in [5.74, 6) is -0.417. The molecule has 21 heavy (non-hydrogen) atoms. The third-order valence-electron chi connectivity index (χ3n) is 3.80. The molecule has 0 amide bonds. The molecule has 4 heteroatoms. The Labute approximate surface area is 123 Å². The van der Waals surface area contributed by atoms with E-state index < -0.39 is 17.5 Å². The number of aliphatic carboxylic acids is 1. The normalized spacial score (nSPS) is 15.0. The van der Waals surface area contributed by atoms with Gasteiger partial charge in [0.1, 0.15) is 11.2 Å². The molecule has 2 N–H and O–H groups in total. The zero-order chi connectivity index (χ0) is 15.5. The minimum absolute atomic E-state index is 0.532. The Morgan fingerprint density at radius 2 is 1.67 bits per heavy atom. The molecule has 2 rings (SSSR count). The molecule has 0 saturated heterocycles. The number of carboxylic acid groups (broad SMARTS) is 1. The van der Waals surface area contributed by atoms with Crippen molar-refractivity contribution in [1.29, 1.82) is 0 Å². The van der Waals surface area contributed by atoms with Gasteiger partial charge in [0.05, 0.1) is 13.2 Å². The number of hydrogen-bond donors (Lipinski definition) is 2. The lowest BCUT2D eigenvalue weighted by molar-refractivity contribution is -0.148. The predicted octanol–water partition coefficient (Wildman–Crippen LogP) is 2.77. The molecular formula is C17H18O4. The first-order chi connectivity index (χ1) is 10.00. The Kier molecular flexibility index (Phi) is 4.29. The van der Waals surface area contributed by atoms with Gasteiger partial charge in [-0.3, -0.25) is 4.79 Å². The summed E-state index contributed by atoms with van der Waals surface area (Å²) in [6.45, 7) is 1.53. The fraction of sp³-hybridized carbons (Fsp3) is 0.235. The summed E-state index contributed by atoms with van der Waals surface area (Å²) in [6.07, 6.45) is -1.16. The van der Waals surface area contributed by atoms with Crippen molar-refractivity contribution in [2.24, 2.45) is 0 Å². The molecule has 0 heterocycles. The van der Waals surface area contributed by atoms with Gasteiger partial charge in [0.15, 0.2) is 0 Å². The summed E-state index contributed by atoms with van der Waals surface area (Å²) in [6, 6.07) is 15.5. The van der Waals surface area contributed by atoms with Crippen molar-refractivity contribution in [2.45, 2.75) is 18.4 Å². The number of ether oxygens (including phenoxy) is 1. The maximum atomic E-state index is 11.8. The Balaban J connectivity index is 2.44. The number of aliphatic hydroxyl groups excluding tert-OH is 1. The number of carboxylic acids is 1. The Hall–Kier alpha value is -2.33. The molecule has 0 radical (unpaired) electrons. The number of carbonyl (C=O) groups is 1. The van der Waals surface area contributed by atoms with Gasteiger partial charge in [-0.05, 0) is 30.2 Å². The minimum atomic E-state index is -1.42. The van der Waals surface area contributed by atoms with E-state index in [1.807, 2.05) is 6.07 Å². The van der Waals surface area contributed by atoms with E-state index in [0.717, 1.165) is 0 Å². The summed E-state index contributed by atoms with van der Waals surface area (Å²) >= 11 is 0. The summed E-state index contributed by atoms with van der Waals surface area (Å²) in [5, 5.41) is 20.2. The van der Waals surface area contributed by atoms with Crippen LogP contribution in [0, 0.1) is 0 Å². The van der Waals surface area contributed by atoms with Crippen molar-refractivity contribution in [2.75, 3.05) is 7.11 Å². The van der Waals surface area contributed by atoms with Gasteiger partial charge in [-0.15, -0.1) is 0 Å². The largest absolute Gasteiger partial charge is 0.497 e. The van der Waals surface area contributed by atoms with Crippen LogP contribution in [-0.4, -0.2) is 23.3 Å². The summed E-state index contributed by atoms with van der Waals surface area (Å²) in [7, 11) is 1.55. The van der Waals surface area contributed by atoms with Gasteiger partial charge in [0.2, 0.25) is 0 Å². The first-order valence-electron chi connectivity index (χ1n) is 6.61. The first kappa shape index (κ1) is 15.1. The molecule has 4 nitrogen and oxygen atoms in total. The average Bonchev–Trinajstić information content (AvgIpc) is 2.54. The maximum Gasteiger partial charge on any atom is 0.316 e. The smallest absolute Gasteiger partial charge is 0.316 e. The van der Waals surface area contributed by atoms with Crippen molar-refractivity contribution in [3.8, 4) is 5.75 Å². The molecular weight excluding hydrogens is 268 g/mol. The van der Waals surface area contributed by atoms with E-state index in [-0.39, 0.29) is 0 Å². The lowest BCUT2D eigenvalue weighted by Crippen LogP contribution is -2.39. The number of aliphatic hydroxyl groups is 1. The molecule has 0 aromatic heterocycles. The van der Waals surface area contributed by atoms with E-state index in [4.69, 9.17) is 4.74 Å². The van der Waals surface area contributed by atoms with E-state index in [1.165, 1.54) is 6.92 Å². The van der Waals surface area contributed by atoms with Crippen molar-refractivity contribution >= 4 is 5.97 Å². The Bertz CT molecular complexity index is 606. The van der Waals surface area contributed by atoms with Crippen LogP contribution in [0.4, 0.5) is 0 Å². The molecule has 0 unspecified atom stereocenters. The van der Waals surface area contributed by atoms with Crippen LogP contribution in [0.1, 0.15) is 24.2 Å². The lowest BCUT2D eigenvalue weighted by Gasteiger charge is -2.31. The Morgan fingerprint density at radius 3 is 2.14 bits per heavy atom. The van der Waals surface area contributed by atoms with Crippen LogP contribution in [0.3, 0.4) is 0 Å². The molecule has 0 saturated carbocycles. The van der Waals surface area contributed by atoms with Gasteiger partial charge in [0, 0.05) is 0 Å². The molecule has 110 valence electrons. The number of hydrogen-bond acceptors (Lipinski definition) is 3. The van der Waals surface area contributed by atoms with E-state index in [9.17, 15) is 15.0 Å². The molecule has 2 aromatic rings. The third-order valence-corrected chi connectivity index (χ3v) is 3.80. The van der Waals surface area contributed by atoms with Gasteiger partial charge in [0.25, 0.3) is 0 Å².